The van der Waals surface area contributed by atoms with Gasteiger partial charge in [0.1, 0.15) is 0 Å². The molecule has 1 atom stereocenters. The first-order chi connectivity index (χ1) is 9.88. The first-order valence-electron chi connectivity index (χ1n) is 6.23. The SMILES string of the molecule is Cn1nnc(CC(Cc2ccc(C(F)(F)F)cc2)NN)n1. The van der Waals surface area contributed by atoms with E-state index in [2.05, 4.69) is 20.8 Å². The largest absolute Gasteiger partial charge is 0.416 e. The van der Waals surface area contributed by atoms with Crippen molar-refractivity contribution in [2.75, 3.05) is 0 Å². The highest BCUT2D eigenvalue weighted by molar-refractivity contribution is 5.25. The van der Waals surface area contributed by atoms with E-state index in [0.717, 1.165) is 17.7 Å². The Morgan fingerprint density at radius 1 is 1.24 bits per heavy atom. The van der Waals surface area contributed by atoms with E-state index in [9.17, 15) is 13.2 Å². The molecule has 0 spiro atoms. The third kappa shape index (κ3) is 4.23. The topological polar surface area (TPSA) is 81.7 Å². The van der Waals surface area contributed by atoms with Crippen molar-refractivity contribution in [3.63, 3.8) is 0 Å². The Morgan fingerprint density at radius 2 is 1.90 bits per heavy atom. The lowest BCUT2D eigenvalue weighted by Gasteiger charge is -2.14. The van der Waals surface area contributed by atoms with E-state index in [1.54, 1.807) is 7.05 Å². The van der Waals surface area contributed by atoms with Crippen molar-refractivity contribution < 1.29 is 13.2 Å². The van der Waals surface area contributed by atoms with Crippen LogP contribution >= 0.6 is 0 Å². The lowest BCUT2D eigenvalue weighted by Crippen LogP contribution is -2.38. The zero-order valence-electron chi connectivity index (χ0n) is 11.3. The van der Waals surface area contributed by atoms with Crippen molar-refractivity contribution >= 4 is 0 Å². The predicted molar refractivity (Wildman–Crippen MR) is 68.8 cm³/mol. The third-order valence-corrected chi connectivity index (χ3v) is 2.98. The van der Waals surface area contributed by atoms with Gasteiger partial charge >= 0.3 is 6.18 Å². The molecule has 1 aromatic carbocycles. The number of nitrogens with two attached hydrogens (primary N) is 1. The number of tetrazole rings is 1. The second-order valence-electron chi connectivity index (χ2n) is 4.66. The van der Waals surface area contributed by atoms with Gasteiger partial charge in [0.05, 0.1) is 12.6 Å². The molecule has 0 radical (unpaired) electrons. The van der Waals surface area contributed by atoms with E-state index in [-0.39, 0.29) is 6.04 Å². The Kier molecular flexibility index (Phi) is 4.53. The molecule has 0 saturated heterocycles. The summed E-state index contributed by atoms with van der Waals surface area (Å²) in [5.74, 6) is 5.98. The Labute approximate surface area is 119 Å². The summed E-state index contributed by atoms with van der Waals surface area (Å²) in [6.45, 7) is 0. The van der Waals surface area contributed by atoms with Gasteiger partial charge in [0.25, 0.3) is 0 Å². The van der Waals surface area contributed by atoms with Crippen LogP contribution in [0.3, 0.4) is 0 Å². The van der Waals surface area contributed by atoms with Gasteiger partial charge in [0.2, 0.25) is 0 Å². The molecule has 21 heavy (non-hydrogen) atoms. The summed E-state index contributed by atoms with van der Waals surface area (Å²) in [6.07, 6.45) is -3.42. The van der Waals surface area contributed by atoms with Crippen LogP contribution in [-0.2, 0) is 26.1 Å². The monoisotopic (exact) mass is 300 g/mol. The van der Waals surface area contributed by atoms with E-state index < -0.39 is 11.7 Å². The first-order valence-corrected chi connectivity index (χ1v) is 6.23. The van der Waals surface area contributed by atoms with Crippen molar-refractivity contribution in [1.82, 2.24) is 25.6 Å². The smallest absolute Gasteiger partial charge is 0.271 e. The van der Waals surface area contributed by atoms with Gasteiger partial charge in [-0.2, -0.15) is 18.0 Å². The van der Waals surface area contributed by atoms with Gasteiger partial charge in [-0.1, -0.05) is 12.1 Å². The average Bonchev–Trinajstić information content (AvgIpc) is 2.83. The van der Waals surface area contributed by atoms with E-state index >= 15 is 0 Å². The molecule has 1 unspecified atom stereocenters. The van der Waals surface area contributed by atoms with Crippen molar-refractivity contribution in [2.45, 2.75) is 25.1 Å². The number of hydrogen-bond acceptors (Lipinski definition) is 5. The molecule has 2 rings (SSSR count). The summed E-state index contributed by atoms with van der Waals surface area (Å²) < 4.78 is 37.4. The van der Waals surface area contributed by atoms with Crippen LogP contribution in [0.2, 0.25) is 0 Å². The van der Waals surface area contributed by atoms with Crippen LogP contribution in [0.1, 0.15) is 17.0 Å². The van der Waals surface area contributed by atoms with Crippen LogP contribution in [0.5, 0.6) is 0 Å². The molecule has 114 valence electrons. The minimum absolute atomic E-state index is 0.189. The highest BCUT2D eigenvalue weighted by Crippen LogP contribution is 2.29. The van der Waals surface area contributed by atoms with Crippen LogP contribution in [0, 0.1) is 0 Å². The molecule has 9 heteroatoms. The summed E-state index contributed by atoms with van der Waals surface area (Å²) in [4.78, 5) is 1.33. The molecule has 1 aromatic heterocycles. The van der Waals surface area contributed by atoms with Crippen LogP contribution in [0.4, 0.5) is 13.2 Å². The maximum absolute atomic E-state index is 12.5. The highest BCUT2D eigenvalue weighted by atomic mass is 19.4. The lowest BCUT2D eigenvalue weighted by atomic mass is 10.0. The van der Waals surface area contributed by atoms with E-state index in [1.807, 2.05) is 0 Å². The maximum atomic E-state index is 12.5. The van der Waals surface area contributed by atoms with Gasteiger partial charge in [-0.25, -0.2) is 0 Å². The highest BCUT2D eigenvalue weighted by Gasteiger charge is 2.30. The molecular formula is C12H15F3N6. The summed E-state index contributed by atoms with van der Waals surface area (Å²) in [7, 11) is 1.65. The van der Waals surface area contributed by atoms with Crippen molar-refractivity contribution in [3.8, 4) is 0 Å². The Bertz CT molecular complexity index is 577. The molecule has 6 nitrogen and oxygen atoms in total. The first kappa shape index (κ1) is 15.4. The standard InChI is InChI=1S/C12H15F3N6/c1-21-19-11(18-20-21)7-10(17-16)6-8-2-4-9(5-3-8)12(13,14)15/h2-5,10,17H,6-7,16H2,1H3. The van der Waals surface area contributed by atoms with Gasteiger partial charge in [-0.3, -0.25) is 11.3 Å². The summed E-state index contributed by atoms with van der Waals surface area (Å²) >= 11 is 0. The second kappa shape index (κ2) is 6.19. The number of halogens is 3. The minimum Gasteiger partial charge on any atom is -0.271 e. The fourth-order valence-electron chi connectivity index (χ4n) is 1.93. The molecule has 1 heterocycles. The van der Waals surface area contributed by atoms with Gasteiger partial charge in [-0.05, 0) is 29.3 Å². The normalized spacial score (nSPS) is 13.4. The van der Waals surface area contributed by atoms with E-state index in [1.165, 1.54) is 16.9 Å². The van der Waals surface area contributed by atoms with Crippen LogP contribution in [0.25, 0.3) is 0 Å². The Balaban J connectivity index is 2.01. The maximum Gasteiger partial charge on any atom is 0.416 e. The number of rotatable bonds is 5. The minimum atomic E-state index is -4.33. The number of benzene rings is 1. The summed E-state index contributed by atoms with van der Waals surface area (Å²) in [5.41, 5.74) is 2.69. The Hall–Kier alpha value is -2.00. The fraction of sp³-hybridized carbons (Fsp3) is 0.417. The fourth-order valence-corrected chi connectivity index (χ4v) is 1.93. The van der Waals surface area contributed by atoms with Crippen molar-refractivity contribution in [1.29, 1.82) is 0 Å². The number of nitrogens with zero attached hydrogens (tertiary/aromatic N) is 4. The van der Waals surface area contributed by atoms with Gasteiger partial charge in [0, 0.05) is 12.5 Å². The molecule has 0 amide bonds. The number of aryl methyl sites for hydroxylation is 1. The number of hydrogen-bond donors (Lipinski definition) is 2. The number of aromatic nitrogens is 4. The average molecular weight is 300 g/mol. The predicted octanol–water partition coefficient (Wildman–Crippen LogP) is 0.846. The zero-order chi connectivity index (χ0) is 15.5. The van der Waals surface area contributed by atoms with Gasteiger partial charge in [-0.15, -0.1) is 10.2 Å². The van der Waals surface area contributed by atoms with Crippen LogP contribution < -0.4 is 11.3 Å². The molecule has 0 fully saturated rings. The molecule has 0 bridgehead atoms. The molecule has 0 saturated carbocycles. The summed E-state index contributed by atoms with van der Waals surface area (Å²) in [5, 5.41) is 11.6. The summed E-state index contributed by atoms with van der Waals surface area (Å²) in [6, 6.07) is 4.81. The quantitative estimate of drug-likeness (QED) is 0.632. The van der Waals surface area contributed by atoms with Gasteiger partial charge in [0.15, 0.2) is 5.82 Å². The van der Waals surface area contributed by atoms with Crippen LogP contribution in [-0.4, -0.2) is 26.2 Å². The third-order valence-electron chi connectivity index (χ3n) is 2.98. The van der Waals surface area contributed by atoms with Crippen LogP contribution in [0.15, 0.2) is 24.3 Å². The zero-order valence-corrected chi connectivity index (χ0v) is 11.3. The van der Waals surface area contributed by atoms with Gasteiger partial charge < -0.3 is 0 Å². The van der Waals surface area contributed by atoms with Crippen molar-refractivity contribution in [3.05, 3.63) is 41.2 Å². The Morgan fingerprint density at radius 3 is 2.38 bits per heavy atom. The van der Waals surface area contributed by atoms with E-state index in [0.29, 0.717) is 18.7 Å². The molecule has 2 aromatic rings. The number of nitrogens with one attached hydrogen (secondary N) is 1. The van der Waals surface area contributed by atoms with Crippen molar-refractivity contribution in [2.24, 2.45) is 12.9 Å². The molecule has 3 N–H and O–H groups in total. The number of alkyl halides is 3. The molecular weight excluding hydrogens is 285 g/mol. The molecule has 0 aliphatic heterocycles. The number of hydrazine groups is 1. The lowest BCUT2D eigenvalue weighted by molar-refractivity contribution is -0.137. The van der Waals surface area contributed by atoms with E-state index in [4.69, 9.17) is 5.84 Å². The second-order valence-corrected chi connectivity index (χ2v) is 4.66. The molecule has 0 aliphatic carbocycles. The molecule has 0 aliphatic rings.